The molecule has 0 spiro atoms. The van der Waals surface area contributed by atoms with Gasteiger partial charge in [0.25, 0.3) is 11.1 Å². The molecule has 6 nitrogen and oxygen atoms in total. The van der Waals surface area contributed by atoms with Gasteiger partial charge >= 0.3 is 0 Å². The van der Waals surface area contributed by atoms with Gasteiger partial charge in [0, 0.05) is 16.8 Å². The van der Waals surface area contributed by atoms with Gasteiger partial charge in [0.2, 0.25) is 5.91 Å². The molecule has 3 amide bonds. The number of furan rings is 1. The quantitative estimate of drug-likeness (QED) is 0.515. The van der Waals surface area contributed by atoms with E-state index in [0.717, 1.165) is 16.7 Å². The second kappa shape index (κ2) is 7.63. The van der Waals surface area contributed by atoms with Gasteiger partial charge in [-0.2, -0.15) is 0 Å². The SMILES string of the molecule is O=C(CN1C(=O)S/C(=C\c2ccc(I)o2)C1=O)Nc1cccc(Cl)c1. The summed E-state index contributed by atoms with van der Waals surface area (Å²) in [5.74, 6) is -0.542. The second-order valence-corrected chi connectivity index (χ2v) is 7.46. The monoisotopic (exact) mass is 488 g/mol. The smallest absolute Gasteiger partial charge is 0.294 e. The Morgan fingerprint density at radius 1 is 1.32 bits per heavy atom. The molecule has 0 bridgehead atoms. The number of hydrogen-bond acceptors (Lipinski definition) is 5. The van der Waals surface area contributed by atoms with Gasteiger partial charge in [-0.05, 0) is 64.7 Å². The lowest BCUT2D eigenvalue weighted by Gasteiger charge is -2.12. The molecule has 3 rings (SSSR count). The minimum absolute atomic E-state index is 0.214. The molecule has 1 aromatic heterocycles. The number of benzene rings is 1. The minimum atomic E-state index is -0.525. The standard InChI is InChI=1S/C16H10ClIN2O4S/c17-9-2-1-3-10(6-9)19-14(21)8-20-15(22)12(25-16(20)23)7-11-4-5-13(18)24-11/h1-7H,8H2,(H,19,21)/b12-7-. The number of carbonyl (C=O) groups excluding carboxylic acids is 3. The van der Waals surface area contributed by atoms with Crippen molar-refractivity contribution in [2.24, 2.45) is 0 Å². The predicted molar refractivity (Wildman–Crippen MR) is 104 cm³/mol. The summed E-state index contributed by atoms with van der Waals surface area (Å²) in [6.45, 7) is -0.371. The number of rotatable bonds is 4. The van der Waals surface area contributed by atoms with Crippen LogP contribution in [0.4, 0.5) is 10.5 Å². The molecule has 1 N–H and O–H groups in total. The van der Waals surface area contributed by atoms with Gasteiger partial charge in [0.15, 0.2) is 3.77 Å². The van der Waals surface area contributed by atoms with Crippen LogP contribution >= 0.6 is 46.0 Å². The number of imide groups is 1. The summed E-state index contributed by atoms with van der Waals surface area (Å²) in [6.07, 6.45) is 1.49. The number of nitrogens with zero attached hydrogens (tertiary/aromatic N) is 1. The predicted octanol–water partition coefficient (Wildman–Crippen LogP) is 4.21. The molecular formula is C16H10ClIN2O4S. The lowest BCUT2D eigenvalue weighted by Crippen LogP contribution is -2.36. The molecular weight excluding hydrogens is 479 g/mol. The van der Waals surface area contributed by atoms with Crippen molar-refractivity contribution in [2.45, 2.75) is 0 Å². The van der Waals surface area contributed by atoms with Crippen LogP contribution in [0.2, 0.25) is 5.02 Å². The van der Waals surface area contributed by atoms with Gasteiger partial charge in [-0.3, -0.25) is 19.3 Å². The van der Waals surface area contributed by atoms with E-state index in [1.807, 2.05) is 22.6 Å². The first-order chi connectivity index (χ1) is 11.9. The molecule has 2 aromatic rings. The first kappa shape index (κ1) is 18.0. The van der Waals surface area contributed by atoms with Crippen molar-refractivity contribution < 1.29 is 18.8 Å². The number of carbonyl (C=O) groups is 3. The van der Waals surface area contributed by atoms with Gasteiger partial charge in [-0.25, -0.2) is 0 Å². The van der Waals surface area contributed by atoms with E-state index in [0.29, 0.717) is 20.2 Å². The fourth-order valence-electron chi connectivity index (χ4n) is 2.08. The Morgan fingerprint density at radius 2 is 2.12 bits per heavy atom. The Labute approximate surface area is 165 Å². The molecule has 0 radical (unpaired) electrons. The number of nitrogens with one attached hydrogen (secondary N) is 1. The van der Waals surface area contributed by atoms with E-state index >= 15 is 0 Å². The summed E-state index contributed by atoms with van der Waals surface area (Å²) >= 11 is 8.63. The van der Waals surface area contributed by atoms with Crippen molar-refractivity contribution in [2.75, 3.05) is 11.9 Å². The lowest BCUT2D eigenvalue weighted by atomic mass is 10.3. The first-order valence-electron chi connectivity index (χ1n) is 6.98. The average Bonchev–Trinajstić information content (AvgIpc) is 3.06. The molecule has 0 unspecified atom stereocenters. The van der Waals surface area contributed by atoms with Gasteiger partial charge < -0.3 is 9.73 Å². The minimum Gasteiger partial charge on any atom is -0.451 e. The number of amides is 3. The Hall–Kier alpha value is -1.78. The molecule has 128 valence electrons. The molecule has 2 heterocycles. The maximum absolute atomic E-state index is 12.3. The van der Waals surface area contributed by atoms with Crippen LogP contribution in [0.5, 0.6) is 0 Å². The highest BCUT2D eigenvalue weighted by atomic mass is 127. The van der Waals surface area contributed by atoms with Crippen molar-refractivity contribution in [3.8, 4) is 0 Å². The lowest BCUT2D eigenvalue weighted by molar-refractivity contribution is -0.127. The summed E-state index contributed by atoms with van der Waals surface area (Å²) in [4.78, 5) is 37.6. The molecule has 0 aliphatic carbocycles. The van der Waals surface area contributed by atoms with E-state index < -0.39 is 17.1 Å². The third kappa shape index (κ3) is 4.44. The maximum Gasteiger partial charge on any atom is 0.294 e. The molecule has 1 aliphatic heterocycles. The fourth-order valence-corrected chi connectivity index (χ4v) is 3.52. The van der Waals surface area contributed by atoms with E-state index in [-0.39, 0.29) is 11.4 Å². The Bertz CT molecular complexity index is 896. The van der Waals surface area contributed by atoms with Crippen molar-refractivity contribution in [1.82, 2.24) is 4.90 Å². The van der Waals surface area contributed by atoms with E-state index in [2.05, 4.69) is 5.32 Å². The van der Waals surface area contributed by atoms with Crippen LogP contribution in [0.25, 0.3) is 6.08 Å². The molecule has 0 atom stereocenters. The molecule has 1 aromatic carbocycles. The zero-order valence-electron chi connectivity index (χ0n) is 12.5. The van der Waals surface area contributed by atoms with E-state index in [9.17, 15) is 14.4 Å². The highest BCUT2D eigenvalue weighted by Crippen LogP contribution is 2.32. The van der Waals surface area contributed by atoms with Gasteiger partial charge in [-0.15, -0.1) is 0 Å². The van der Waals surface area contributed by atoms with Crippen molar-refractivity contribution in [3.05, 3.63) is 55.9 Å². The van der Waals surface area contributed by atoms with Crippen LogP contribution in [0.3, 0.4) is 0 Å². The van der Waals surface area contributed by atoms with E-state index in [4.69, 9.17) is 16.0 Å². The summed E-state index contributed by atoms with van der Waals surface area (Å²) in [5.41, 5.74) is 0.491. The van der Waals surface area contributed by atoms with Crippen LogP contribution in [0.1, 0.15) is 5.76 Å². The van der Waals surface area contributed by atoms with Gasteiger partial charge in [0.05, 0.1) is 4.91 Å². The van der Waals surface area contributed by atoms with Crippen molar-refractivity contribution in [1.29, 1.82) is 0 Å². The Balaban J connectivity index is 1.68. The number of anilines is 1. The summed E-state index contributed by atoms with van der Waals surface area (Å²) in [7, 11) is 0. The average molecular weight is 489 g/mol. The van der Waals surface area contributed by atoms with E-state index in [1.165, 1.54) is 6.08 Å². The highest BCUT2D eigenvalue weighted by Gasteiger charge is 2.36. The van der Waals surface area contributed by atoms with Crippen LogP contribution in [-0.2, 0) is 9.59 Å². The zero-order valence-corrected chi connectivity index (χ0v) is 16.2. The highest BCUT2D eigenvalue weighted by molar-refractivity contribution is 14.1. The molecule has 9 heteroatoms. The van der Waals surface area contributed by atoms with Crippen LogP contribution in [0, 0.1) is 3.77 Å². The summed E-state index contributed by atoms with van der Waals surface area (Å²) in [5, 5.41) is 2.57. The van der Waals surface area contributed by atoms with Crippen molar-refractivity contribution >= 4 is 74.8 Å². The van der Waals surface area contributed by atoms with Crippen molar-refractivity contribution in [3.63, 3.8) is 0 Å². The van der Waals surface area contributed by atoms with Gasteiger partial charge in [-0.1, -0.05) is 17.7 Å². The second-order valence-electron chi connectivity index (χ2n) is 4.97. The fraction of sp³-hybridized carbons (Fsp3) is 0.0625. The van der Waals surface area contributed by atoms with Crippen LogP contribution in [0.15, 0.2) is 45.7 Å². The third-order valence-electron chi connectivity index (χ3n) is 3.15. The molecule has 1 saturated heterocycles. The first-order valence-corrected chi connectivity index (χ1v) is 9.26. The molecule has 25 heavy (non-hydrogen) atoms. The molecule has 1 fully saturated rings. The topological polar surface area (TPSA) is 79.6 Å². The van der Waals surface area contributed by atoms with E-state index in [1.54, 1.807) is 36.4 Å². The Kier molecular flexibility index (Phi) is 5.50. The summed E-state index contributed by atoms with van der Waals surface area (Å²) in [6, 6.07) is 10.0. The van der Waals surface area contributed by atoms with Crippen LogP contribution in [-0.4, -0.2) is 28.5 Å². The number of halogens is 2. The number of hydrogen-bond donors (Lipinski definition) is 1. The maximum atomic E-state index is 12.3. The number of thioether (sulfide) groups is 1. The van der Waals surface area contributed by atoms with Crippen LogP contribution < -0.4 is 5.32 Å². The zero-order chi connectivity index (χ0) is 18.0. The summed E-state index contributed by atoms with van der Waals surface area (Å²) < 4.78 is 6.03. The third-order valence-corrected chi connectivity index (χ3v) is 4.87. The van der Waals surface area contributed by atoms with Gasteiger partial charge in [0.1, 0.15) is 12.3 Å². The molecule has 1 aliphatic rings. The Morgan fingerprint density at radius 3 is 2.80 bits per heavy atom. The normalized spacial score (nSPS) is 15.9. The largest absolute Gasteiger partial charge is 0.451 e. The molecule has 0 saturated carbocycles.